The number of ether oxygens (including phenoxy) is 2. The minimum Gasteiger partial charge on any atom is -0.466 e. The first-order chi connectivity index (χ1) is 33.5. The molecule has 376 valence electrons. The zero-order valence-corrected chi connectivity index (χ0v) is 42.3. The van der Waals surface area contributed by atoms with Crippen LogP contribution >= 0.6 is 23.2 Å². The van der Waals surface area contributed by atoms with Crippen LogP contribution in [0.2, 0.25) is 10.0 Å². The number of nitrogens with one attached hydrogen (secondary N) is 2. The van der Waals surface area contributed by atoms with Gasteiger partial charge in [-0.25, -0.2) is 21.6 Å². The van der Waals surface area contributed by atoms with E-state index in [1.807, 2.05) is 0 Å². The second kappa shape index (κ2) is 25.1. The van der Waals surface area contributed by atoms with Gasteiger partial charge in [-0.3, -0.25) is 19.2 Å². The molecule has 3 aliphatic heterocycles. The van der Waals surface area contributed by atoms with Gasteiger partial charge in [0.2, 0.25) is 31.9 Å². The van der Waals surface area contributed by atoms with Crippen molar-refractivity contribution in [2.24, 2.45) is 5.92 Å². The summed E-state index contributed by atoms with van der Waals surface area (Å²) in [5.41, 5.74) is 1.95. The van der Waals surface area contributed by atoms with E-state index in [9.17, 15) is 40.8 Å². The zero-order chi connectivity index (χ0) is 50.4. The molecule has 3 heterocycles. The molecular weight excluding hydrogens is 982 g/mol. The van der Waals surface area contributed by atoms with E-state index in [0.717, 1.165) is 19.3 Å². The third kappa shape index (κ3) is 14.2. The molecule has 0 saturated carbocycles. The highest BCUT2D eigenvalue weighted by atomic mass is 35.5. The van der Waals surface area contributed by atoms with Gasteiger partial charge in [-0.15, -0.1) is 0 Å². The number of likely N-dealkylation sites (tertiary alicyclic amines) is 1. The maximum Gasteiger partial charge on any atom is 0.337 e. The van der Waals surface area contributed by atoms with Crippen molar-refractivity contribution in [2.75, 3.05) is 39.9 Å². The normalized spacial score (nSPS) is 18.1. The van der Waals surface area contributed by atoms with E-state index < -0.39 is 38.1 Å². The predicted octanol–water partition coefficient (Wildman–Crippen LogP) is 6.99. The molecule has 3 aliphatic rings. The van der Waals surface area contributed by atoms with Gasteiger partial charge in [-0.1, -0.05) is 47.5 Å². The van der Waals surface area contributed by atoms with Gasteiger partial charge in [0.25, 0.3) is 5.91 Å². The molecule has 20 heteroatoms. The Morgan fingerprint density at radius 1 is 0.657 bits per heavy atom. The molecule has 3 fully saturated rings. The highest BCUT2D eigenvalue weighted by Crippen LogP contribution is 2.29. The van der Waals surface area contributed by atoms with Crippen LogP contribution in [0.3, 0.4) is 0 Å². The summed E-state index contributed by atoms with van der Waals surface area (Å²) in [5, 5.41) is 6.45. The van der Waals surface area contributed by atoms with E-state index in [-0.39, 0.29) is 52.5 Å². The topological polar surface area (TPSA) is 206 Å². The highest BCUT2D eigenvalue weighted by Gasteiger charge is 2.38. The fourth-order valence-corrected chi connectivity index (χ4v) is 12.1. The second-order valence-electron chi connectivity index (χ2n) is 17.3. The molecule has 7 rings (SSSR count). The molecule has 0 bridgehead atoms. The van der Waals surface area contributed by atoms with Gasteiger partial charge in [0.05, 0.1) is 29.1 Å². The molecule has 2 atom stereocenters. The van der Waals surface area contributed by atoms with Gasteiger partial charge < -0.3 is 25.0 Å². The van der Waals surface area contributed by atoms with Crippen LogP contribution in [0.4, 0.5) is 0 Å². The molecule has 70 heavy (non-hydrogen) atoms. The molecule has 3 saturated heterocycles. The third-order valence-electron chi connectivity index (χ3n) is 12.4. The van der Waals surface area contributed by atoms with Crippen LogP contribution in [0.5, 0.6) is 0 Å². The maximum atomic E-state index is 13.8. The quantitative estimate of drug-likeness (QED) is 0.116. The van der Waals surface area contributed by atoms with Crippen molar-refractivity contribution in [2.45, 2.75) is 99.7 Å². The minimum atomic E-state index is -4.06. The predicted molar refractivity (Wildman–Crippen MR) is 264 cm³/mol. The summed E-state index contributed by atoms with van der Waals surface area (Å²) in [6.07, 6.45) is 5.60. The number of benzene rings is 4. The lowest BCUT2D eigenvalue weighted by Gasteiger charge is -2.32. The number of methoxy groups -OCH3 is 1. The molecule has 2 unspecified atom stereocenters. The SMILES string of the molecule is CCOC(=O)CC1CCN(C(=O)c2cccc(CN(C3CCCCNC3=O)S(=O)(=O)c3ccc(Cl)cc3)c2)CC1.COC(=O)c1cccc(CN(C2CCCCNC2=O)S(=O)(=O)c2ccc(Cl)cc2)c1. The van der Waals surface area contributed by atoms with E-state index in [0.29, 0.717) is 104 Å². The van der Waals surface area contributed by atoms with Gasteiger partial charge in [-0.05, 0) is 148 Å². The van der Waals surface area contributed by atoms with Gasteiger partial charge in [-0.2, -0.15) is 8.61 Å². The second-order valence-corrected chi connectivity index (χ2v) is 21.9. The number of piperidine rings is 1. The standard InChI is InChI=1S/C29H36ClN3O6S.C21H23ClN2O5S/c1-2-39-27(34)19-21-13-16-32(17-14-21)29(36)23-7-5-6-22(18-23)20-33(26-8-3-4-15-31-28(26)35)40(37,38)25-11-9-24(30)10-12-25;1-29-21(26)16-6-4-5-15(13-16)14-24(19-7-2-3-12-23-20(19)25)30(27,28)18-10-8-17(22)9-11-18/h5-7,9-12,18,21,26H,2-4,8,13-17,19-20H2,1H3,(H,31,35);4-6,8-11,13,19H,2-3,7,12,14H2,1H3,(H,23,25). The van der Waals surface area contributed by atoms with Crippen LogP contribution in [-0.4, -0.2) is 112 Å². The van der Waals surface area contributed by atoms with Crippen molar-refractivity contribution >= 4 is 72.9 Å². The number of hydrogen-bond donors (Lipinski definition) is 2. The van der Waals surface area contributed by atoms with Gasteiger partial charge in [0, 0.05) is 61.3 Å². The summed E-state index contributed by atoms with van der Waals surface area (Å²) >= 11 is 11.9. The number of hydrogen-bond acceptors (Lipinski definition) is 11. The first-order valence-corrected chi connectivity index (χ1v) is 27.0. The van der Waals surface area contributed by atoms with Crippen LogP contribution < -0.4 is 10.6 Å². The number of sulfonamides is 2. The Bertz CT molecular complexity index is 2700. The molecular formula is C50H59Cl2N5O11S2. The van der Waals surface area contributed by atoms with E-state index in [2.05, 4.69) is 10.6 Å². The molecule has 4 aromatic carbocycles. The van der Waals surface area contributed by atoms with Gasteiger partial charge >= 0.3 is 11.9 Å². The van der Waals surface area contributed by atoms with E-state index >= 15 is 0 Å². The number of halogens is 2. The summed E-state index contributed by atoms with van der Waals surface area (Å²) < 4.78 is 66.8. The van der Waals surface area contributed by atoms with Gasteiger partial charge in [0.15, 0.2) is 0 Å². The van der Waals surface area contributed by atoms with Crippen LogP contribution in [0, 0.1) is 5.92 Å². The molecule has 0 aliphatic carbocycles. The summed E-state index contributed by atoms with van der Waals surface area (Å²) in [6, 6.07) is 23.4. The number of esters is 2. The smallest absolute Gasteiger partial charge is 0.337 e. The third-order valence-corrected chi connectivity index (χ3v) is 16.7. The number of carbonyl (C=O) groups is 5. The van der Waals surface area contributed by atoms with Crippen molar-refractivity contribution < 1.29 is 50.3 Å². The van der Waals surface area contributed by atoms with Crippen LogP contribution in [0.1, 0.15) is 96.6 Å². The molecule has 4 aromatic rings. The summed E-state index contributed by atoms with van der Waals surface area (Å²) in [7, 11) is -6.78. The van der Waals surface area contributed by atoms with Crippen molar-refractivity contribution in [3.8, 4) is 0 Å². The molecule has 2 N–H and O–H groups in total. The van der Waals surface area contributed by atoms with Gasteiger partial charge in [0.1, 0.15) is 12.1 Å². The first kappa shape index (κ1) is 54.0. The Kier molecular flexibility index (Phi) is 19.4. The average molecular weight is 1040 g/mol. The number of rotatable bonds is 15. The number of carbonyl (C=O) groups excluding carboxylic acids is 5. The largest absolute Gasteiger partial charge is 0.466 e. The summed E-state index contributed by atoms with van der Waals surface area (Å²) in [4.78, 5) is 64.5. The zero-order valence-electron chi connectivity index (χ0n) is 39.2. The van der Waals surface area contributed by atoms with Crippen LogP contribution in [0.25, 0.3) is 0 Å². The van der Waals surface area contributed by atoms with Crippen molar-refractivity contribution in [1.82, 2.24) is 24.1 Å². The van der Waals surface area contributed by atoms with Crippen molar-refractivity contribution in [1.29, 1.82) is 0 Å². The fourth-order valence-electron chi connectivity index (χ4n) is 8.66. The molecule has 16 nitrogen and oxygen atoms in total. The van der Waals surface area contributed by atoms with Crippen LogP contribution in [0.15, 0.2) is 107 Å². The highest BCUT2D eigenvalue weighted by molar-refractivity contribution is 7.89. The number of nitrogens with zero attached hydrogens (tertiary/aromatic N) is 3. The summed E-state index contributed by atoms with van der Waals surface area (Å²) in [6.45, 7) is 4.10. The molecule has 0 spiro atoms. The minimum absolute atomic E-state index is 0.0480. The lowest BCUT2D eigenvalue weighted by atomic mass is 9.93. The van der Waals surface area contributed by atoms with Crippen molar-refractivity contribution in [3.63, 3.8) is 0 Å². The Hall–Kier alpha value is -5.37. The monoisotopic (exact) mass is 1040 g/mol. The number of amides is 3. The molecule has 3 amide bonds. The molecule has 0 aromatic heterocycles. The van der Waals surface area contributed by atoms with E-state index in [1.54, 1.807) is 60.4 Å². The van der Waals surface area contributed by atoms with Crippen molar-refractivity contribution in [3.05, 3.63) is 129 Å². The fraction of sp³-hybridized carbons (Fsp3) is 0.420. The Labute approximate surface area is 420 Å². The summed E-state index contributed by atoms with van der Waals surface area (Å²) in [5.74, 6) is -1.33. The van der Waals surface area contributed by atoms with Crippen LogP contribution in [-0.2, 0) is 57.0 Å². The molecule has 0 radical (unpaired) electrons. The maximum absolute atomic E-state index is 13.8. The Balaban J connectivity index is 0.000000239. The lowest BCUT2D eigenvalue weighted by Crippen LogP contribution is -2.48. The van der Waals surface area contributed by atoms with E-state index in [1.165, 1.54) is 64.3 Å². The Morgan fingerprint density at radius 3 is 1.57 bits per heavy atom. The lowest BCUT2D eigenvalue weighted by molar-refractivity contribution is -0.144. The Morgan fingerprint density at radius 2 is 1.11 bits per heavy atom. The average Bonchev–Trinajstić information content (AvgIpc) is 3.71. The van der Waals surface area contributed by atoms with E-state index in [4.69, 9.17) is 32.7 Å². The first-order valence-electron chi connectivity index (χ1n) is 23.3.